The van der Waals surface area contributed by atoms with Gasteiger partial charge in [0, 0.05) is 16.6 Å². The van der Waals surface area contributed by atoms with Gasteiger partial charge in [0.25, 0.3) is 0 Å². The van der Waals surface area contributed by atoms with E-state index in [1.807, 2.05) is 0 Å². The second-order valence-electron chi connectivity index (χ2n) is 2.76. The van der Waals surface area contributed by atoms with Crippen molar-refractivity contribution < 1.29 is 4.39 Å². The van der Waals surface area contributed by atoms with Gasteiger partial charge in [0.2, 0.25) is 0 Å². The van der Waals surface area contributed by atoms with Gasteiger partial charge in [0.05, 0.1) is 0 Å². The molecule has 1 aromatic rings. The maximum Gasteiger partial charge on any atom is 0.133 e. The molecule has 0 amide bonds. The average molecular weight is 244 g/mol. The van der Waals surface area contributed by atoms with E-state index in [4.69, 9.17) is 5.73 Å². The molecule has 0 aromatic heterocycles. The molecule has 0 aliphatic heterocycles. The fourth-order valence-electron chi connectivity index (χ4n) is 1.07. The Hall–Kier alpha value is -0.670. The van der Waals surface area contributed by atoms with Gasteiger partial charge in [-0.1, -0.05) is 28.1 Å². The van der Waals surface area contributed by atoms with Crippen LogP contribution >= 0.6 is 15.9 Å². The Morgan fingerprint density at radius 3 is 2.85 bits per heavy atom. The van der Waals surface area contributed by atoms with Gasteiger partial charge >= 0.3 is 0 Å². The molecule has 70 valence electrons. The Balaban J connectivity index is 3.12. The van der Waals surface area contributed by atoms with Gasteiger partial charge in [-0.05, 0) is 24.6 Å². The highest BCUT2D eigenvalue weighted by Crippen LogP contribution is 2.20. The lowest BCUT2D eigenvalue weighted by atomic mass is 10.1. The molecule has 0 atom stereocenters. The minimum Gasteiger partial charge on any atom is -0.327 e. The number of benzene rings is 1. The molecular weight excluding hydrogens is 233 g/mol. The smallest absolute Gasteiger partial charge is 0.133 e. The summed E-state index contributed by atoms with van der Waals surface area (Å²) in [4.78, 5) is 0. The van der Waals surface area contributed by atoms with Crippen molar-refractivity contribution in [3.63, 3.8) is 0 Å². The van der Waals surface area contributed by atoms with E-state index in [0.717, 1.165) is 4.47 Å². The third-order valence-electron chi connectivity index (χ3n) is 1.68. The second kappa shape index (κ2) is 4.53. The summed E-state index contributed by atoms with van der Waals surface area (Å²) in [5, 5.41) is 0. The van der Waals surface area contributed by atoms with Gasteiger partial charge in [-0.15, -0.1) is 0 Å². The lowest BCUT2D eigenvalue weighted by molar-refractivity contribution is 0.615. The molecule has 3 heteroatoms. The first-order valence-electron chi connectivity index (χ1n) is 3.97. The van der Waals surface area contributed by atoms with E-state index in [2.05, 4.69) is 15.9 Å². The molecule has 0 fully saturated rings. The van der Waals surface area contributed by atoms with E-state index in [1.165, 1.54) is 0 Å². The normalized spacial score (nSPS) is 11.1. The van der Waals surface area contributed by atoms with E-state index >= 15 is 0 Å². The summed E-state index contributed by atoms with van der Waals surface area (Å²) in [5.41, 5.74) is 6.48. The molecule has 0 saturated heterocycles. The van der Waals surface area contributed by atoms with Crippen LogP contribution in [0, 0.1) is 12.7 Å². The summed E-state index contributed by atoms with van der Waals surface area (Å²) >= 11 is 3.31. The quantitative estimate of drug-likeness (QED) is 0.850. The first-order chi connectivity index (χ1) is 6.15. The minimum absolute atomic E-state index is 0.187. The van der Waals surface area contributed by atoms with Gasteiger partial charge in [0.1, 0.15) is 5.82 Å². The van der Waals surface area contributed by atoms with Crippen LogP contribution in [0.5, 0.6) is 0 Å². The number of hydrogen-bond acceptors (Lipinski definition) is 1. The molecule has 0 aliphatic rings. The molecule has 2 N–H and O–H groups in total. The van der Waals surface area contributed by atoms with Crippen molar-refractivity contribution in [2.24, 2.45) is 5.73 Å². The molecule has 13 heavy (non-hydrogen) atoms. The number of halogens is 2. The molecule has 0 bridgehead atoms. The second-order valence-corrected chi connectivity index (χ2v) is 3.68. The lowest BCUT2D eigenvalue weighted by Crippen LogP contribution is -1.93. The maximum absolute atomic E-state index is 13.4. The van der Waals surface area contributed by atoms with E-state index in [9.17, 15) is 4.39 Å². The van der Waals surface area contributed by atoms with Crippen LogP contribution in [-0.4, -0.2) is 6.54 Å². The summed E-state index contributed by atoms with van der Waals surface area (Å²) in [6.07, 6.45) is 3.41. The number of nitrogens with two attached hydrogens (primary N) is 1. The average Bonchev–Trinajstić information content (AvgIpc) is 2.09. The lowest BCUT2D eigenvalue weighted by Gasteiger charge is -2.01. The summed E-state index contributed by atoms with van der Waals surface area (Å²) in [6, 6.07) is 3.48. The maximum atomic E-state index is 13.4. The van der Waals surface area contributed by atoms with Crippen molar-refractivity contribution >= 4 is 22.0 Å². The molecule has 0 spiro atoms. The van der Waals surface area contributed by atoms with Crippen LogP contribution < -0.4 is 5.73 Å². The van der Waals surface area contributed by atoms with Crippen molar-refractivity contribution in [2.45, 2.75) is 6.92 Å². The summed E-state index contributed by atoms with van der Waals surface area (Å²) in [6.45, 7) is 2.16. The molecule has 0 heterocycles. The standard InChI is InChI=1S/C10H11BrFN/c1-7-5-9(11)6-8(10(7)12)3-2-4-13/h2-3,5-6H,4,13H2,1H3/b3-2+. The van der Waals surface area contributed by atoms with E-state index in [1.54, 1.807) is 31.2 Å². The fraction of sp³-hybridized carbons (Fsp3) is 0.200. The summed E-state index contributed by atoms with van der Waals surface area (Å²) in [7, 11) is 0. The van der Waals surface area contributed by atoms with Gasteiger partial charge < -0.3 is 5.73 Å². The predicted molar refractivity (Wildman–Crippen MR) is 56.9 cm³/mol. The van der Waals surface area contributed by atoms with Crippen LogP contribution in [0.25, 0.3) is 6.08 Å². The van der Waals surface area contributed by atoms with Crippen LogP contribution in [0.3, 0.4) is 0 Å². The minimum atomic E-state index is -0.187. The van der Waals surface area contributed by atoms with Gasteiger partial charge in [-0.25, -0.2) is 4.39 Å². The molecular formula is C10H11BrFN. The van der Waals surface area contributed by atoms with E-state index < -0.39 is 0 Å². The Morgan fingerprint density at radius 2 is 2.23 bits per heavy atom. The van der Waals surface area contributed by atoms with E-state index in [-0.39, 0.29) is 5.82 Å². The van der Waals surface area contributed by atoms with Crippen LogP contribution in [0.2, 0.25) is 0 Å². The summed E-state index contributed by atoms with van der Waals surface area (Å²) in [5.74, 6) is -0.187. The Kier molecular flexibility index (Phi) is 3.63. The largest absolute Gasteiger partial charge is 0.327 e. The predicted octanol–water partition coefficient (Wildman–Crippen LogP) is 2.87. The zero-order valence-corrected chi connectivity index (χ0v) is 8.94. The SMILES string of the molecule is Cc1cc(Br)cc(/C=C/CN)c1F. The van der Waals surface area contributed by atoms with Crippen LogP contribution in [0.4, 0.5) is 4.39 Å². The highest BCUT2D eigenvalue weighted by Gasteiger charge is 2.03. The van der Waals surface area contributed by atoms with Crippen molar-refractivity contribution in [3.05, 3.63) is 39.6 Å². The topological polar surface area (TPSA) is 26.0 Å². The van der Waals surface area contributed by atoms with Gasteiger partial charge in [0.15, 0.2) is 0 Å². The molecule has 1 aromatic carbocycles. The molecule has 0 aliphatic carbocycles. The van der Waals surface area contributed by atoms with Gasteiger partial charge in [-0.2, -0.15) is 0 Å². The number of aryl methyl sites for hydroxylation is 1. The molecule has 0 unspecified atom stereocenters. The number of rotatable bonds is 2. The molecule has 1 nitrogen and oxygen atoms in total. The van der Waals surface area contributed by atoms with Crippen LogP contribution in [-0.2, 0) is 0 Å². The zero-order chi connectivity index (χ0) is 9.84. The van der Waals surface area contributed by atoms with Crippen molar-refractivity contribution in [2.75, 3.05) is 6.54 Å². The fourth-order valence-corrected chi connectivity index (χ4v) is 1.66. The molecule has 1 rings (SSSR count). The Morgan fingerprint density at radius 1 is 1.54 bits per heavy atom. The Labute approximate surface area is 85.6 Å². The van der Waals surface area contributed by atoms with Crippen LogP contribution in [0.1, 0.15) is 11.1 Å². The Bertz CT molecular complexity index is 334. The first kappa shape index (κ1) is 10.4. The third kappa shape index (κ3) is 2.64. The zero-order valence-electron chi connectivity index (χ0n) is 7.35. The molecule has 0 radical (unpaired) electrons. The van der Waals surface area contributed by atoms with Crippen molar-refractivity contribution in [1.82, 2.24) is 0 Å². The molecule has 0 saturated carbocycles. The summed E-state index contributed by atoms with van der Waals surface area (Å²) < 4.78 is 14.3. The number of hydrogen-bond donors (Lipinski definition) is 1. The van der Waals surface area contributed by atoms with Crippen LogP contribution in [0.15, 0.2) is 22.7 Å². The van der Waals surface area contributed by atoms with E-state index in [0.29, 0.717) is 17.7 Å². The monoisotopic (exact) mass is 243 g/mol. The highest BCUT2D eigenvalue weighted by molar-refractivity contribution is 9.10. The first-order valence-corrected chi connectivity index (χ1v) is 4.76. The van der Waals surface area contributed by atoms with Gasteiger partial charge in [-0.3, -0.25) is 0 Å². The van der Waals surface area contributed by atoms with Crippen molar-refractivity contribution in [3.8, 4) is 0 Å². The highest BCUT2D eigenvalue weighted by atomic mass is 79.9. The van der Waals surface area contributed by atoms with Crippen molar-refractivity contribution in [1.29, 1.82) is 0 Å². The third-order valence-corrected chi connectivity index (χ3v) is 2.14.